The molecule has 6 nitrogen and oxygen atoms in total. The van der Waals surface area contributed by atoms with Crippen LogP contribution in [0.3, 0.4) is 0 Å². The summed E-state index contributed by atoms with van der Waals surface area (Å²) in [5, 5.41) is 3.23. The summed E-state index contributed by atoms with van der Waals surface area (Å²) >= 11 is 0. The van der Waals surface area contributed by atoms with Crippen molar-refractivity contribution in [3.8, 4) is 0 Å². The second kappa shape index (κ2) is 6.75. The van der Waals surface area contributed by atoms with Crippen molar-refractivity contribution < 1.29 is 18.0 Å². The molecule has 4 rings (SSSR count). The van der Waals surface area contributed by atoms with Crippen molar-refractivity contribution in [3.63, 3.8) is 0 Å². The van der Waals surface area contributed by atoms with Gasteiger partial charge in [-0.25, -0.2) is 4.98 Å². The van der Waals surface area contributed by atoms with E-state index >= 15 is 0 Å². The summed E-state index contributed by atoms with van der Waals surface area (Å²) in [6.45, 7) is 6.03. The van der Waals surface area contributed by atoms with Crippen LogP contribution in [0.4, 0.5) is 19.0 Å². The van der Waals surface area contributed by atoms with Crippen molar-refractivity contribution in [1.82, 2.24) is 19.3 Å². The summed E-state index contributed by atoms with van der Waals surface area (Å²) in [4.78, 5) is 22.5. The third kappa shape index (κ3) is 3.41. The molecule has 3 aromatic rings. The van der Waals surface area contributed by atoms with E-state index in [0.717, 1.165) is 29.1 Å². The summed E-state index contributed by atoms with van der Waals surface area (Å²) in [7, 11) is 0. The standard InChI is InChI=1S/C20H20F3N5O/c1-11-8-24-19-26-18(16-9-27(13(3)29)10-17(16)28(11)19)25-12(2)14-5-4-6-15(7-14)20(21,22)23/h4-8,12H,9-10H2,1-3H3,(H,24,25,26)/t12-/m1/s1. The molecule has 0 aliphatic carbocycles. The van der Waals surface area contributed by atoms with Crippen LogP contribution in [-0.4, -0.2) is 25.2 Å². The van der Waals surface area contributed by atoms with Gasteiger partial charge in [-0.2, -0.15) is 18.2 Å². The molecule has 29 heavy (non-hydrogen) atoms. The van der Waals surface area contributed by atoms with E-state index in [9.17, 15) is 18.0 Å². The summed E-state index contributed by atoms with van der Waals surface area (Å²) in [6.07, 6.45) is -2.69. The molecule has 1 aromatic carbocycles. The Morgan fingerprint density at radius 2 is 2.03 bits per heavy atom. The van der Waals surface area contributed by atoms with Crippen LogP contribution >= 0.6 is 0 Å². The van der Waals surface area contributed by atoms with Crippen molar-refractivity contribution in [2.24, 2.45) is 0 Å². The predicted octanol–water partition coefficient (Wildman–Crippen LogP) is 4.09. The van der Waals surface area contributed by atoms with Gasteiger partial charge in [0.15, 0.2) is 0 Å². The molecule has 0 unspecified atom stereocenters. The van der Waals surface area contributed by atoms with E-state index in [4.69, 9.17) is 0 Å². The van der Waals surface area contributed by atoms with Crippen LogP contribution < -0.4 is 5.32 Å². The maximum Gasteiger partial charge on any atom is 0.416 e. The molecule has 0 saturated carbocycles. The number of hydrogen-bond donors (Lipinski definition) is 1. The number of nitrogens with one attached hydrogen (secondary N) is 1. The molecule has 0 spiro atoms. The number of aromatic nitrogens is 3. The average molecular weight is 403 g/mol. The van der Waals surface area contributed by atoms with Crippen molar-refractivity contribution in [1.29, 1.82) is 0 Å². The van der Waals surface area contributed by atoms with Gasteiger partial charge in [0.1, 0.15) is 5.82 Å². The molecular weight excluding hydrogens is 383 g/mol. The monoisotopic (exact) mass is 403 g/mol. The predicted molar refractivity (Wildman–Crippen MR) is 101 cm³/mol. The van der Waals surface area contributed by atoms with Gasteiger partial charge in [-0.1, -0.05) is 12.1 Å². The van der Waals surface area contributed by atoms with Crippen LogP contribution in [0, 0.1) is 6.92 Å². The topological polar surface area (TPSA) is 62.5 Å². The SMILES string of the molecule is CC(=O)N1Cc2c(N[C@H](C)c3cccc(C(F)(F)F)c3)nc3ncc(C)n3c2C1. The molecule has 2 aromatic heterocycles. The lowest BCUT2D eigenvalue weighted by Gasteiger charge is -2.19. The Balaban J connectivity index is 1.72. The fraction of sp³-hybridized carbons (Fsp3) is 0.350. The number of hydrogen-bond acceptors (Lipinski definition) is 4. The first-order chi connectivity index (χ1) is 13.6. The number of aryl methyl sites for hydroxylation is 1. The fourth-order valence-electron chi connectivity index (χ4n) is 3.65. The highest BCUT2D eigenvalue weighted by Crippen LogP contribution is 2.34. The van der Waals surface area contributed by atoms with Crippen molar-refractivity contribution in [3.05, 3.63) is 58.5 Å². The van der Waals surface area contributed by atoms with Crippen LogP contribution in [0.15, 0.2) is 30.5 Å². The van der Waals surface area contributed by atoms with Crippen LogP contribution in [0.5, 0.6) is 0 Å². The molecule has 0 saturated heterocycles. The van der Waals surface area contributed by atoms with Crippen LogP contribution in [-0.2, 0) is 24.1 Å². The Morgan fingerprint density at radius 3 is 2.72 bits per heavy atom. The Labute approximate surface area is 165 Å². The van der Waals surface area contributed by atoms with Crippen molar-refractivity contribution >= 4 is 17.5 Å². The molecule has 1 N–H and O–H groups in total. The number of carbonyl (C=O) groups is 1. The number of nitrogens with zero attached hydrogens (tertiary/aromatic N) is 4. The lowest BCUT2D eigenvalue weighted by Crippen LogP contribution is -2.22. The maximum atomic E-state index is 13.1. The Hall–Kier alpha value is -3.10. The Morgan fingerprint density at radius 1 is 1.28 bits per heavy atom. The number of benzene rings is 1. The average Bonchev–Trinajstić information content (AvgIpc) is 3.25. The van der Waals surface area contributed by atoms with E-state index < -0.39 is 17.8 Å². The highest BCUT2D eigenvalue weighted by molar-refractivity contribution is 5.75. The van der Waals surface area contributed by atoms with Gasteiger partial charge >= 0.3 is 6.18 Å². The van der Waals surface area contributed by atoms with Gasteiger partial charge in [0.25, 0.3) is 0 Å². The molecule has 0 radical (unpaired) electrons. The normalized spacial score (nSPS) is 14.9. The summed E-state index contributed by atoms with van der Waals surface area (Å²) < 4.78 is 41.1. The van der Waals surface area contributed by atoms with Gasteiger partial charge in [-0.05, 0) is 31.5 Å². The van der Waals surface area contributed by atoms with Crippen LogP contribution in [0.2, 0.25) is 0 Å². The van der Waals surface area contributed by atoms with Gasteiger partial charge in [0.05, 0.1) is 30.5 Å². The third-order valence-electron chi connectivity index (χ3n) is 5.24. The fourth-order valence-corrected chi connectivity index (χ4v) is 3.65. The smallest absolute Gasteiger partial charge is 0.363 e. The molecule has 1 amide bonds. The molecule has 1 aliphatic rings. The lowest BCUT2D eigenvalue weighted by atomic mass is 10.0. The minimum atomic E-state index is -4.40. The van der Waals surface area contributed by atoms with E-state index in [0.29, 0.717) is 30.2 Å². The number of halogens is 3. The molecule has 0 bridgehead atoms. The minimum Gasteiger partial charge on any atom is -0.363 e. The molecule has 1 atom stereocenters. The second-order valence-corrected chi connectivity index (χ2v) is 7.28. The van der Waals surface area contributed by atoms with Crippen LogP contribution in [0.25, 0.3) is 5.78 Å². The molecule has 9 heteroatoms. The molecule has 1 aliphatic heterocycles. The molecule has 3 heterocycles. The maximum absolute atomic E-state index is 13.1. The molecule has 152 valence electrons. The van der Waals surface area contributed by atoms with Gasteiger partial charge < -0.3 is 10.2 Å². The first-order valence-corrected chi connectivity index (χ1v) is 9.20. The van der Waals surface area contributed by atoms with Crippen LogP contribution in [0.1, 0.15) is 48.0 Å². The van der Waals surface area contributed by atoms with Crippen molar-refractivity contribution in [2.45, 2.75) is 46.1 Å². The zero-order valence-corrected chi connectivity index (χ0v) is 16.2. The Kier molecular flexibility index (Phi) is 4.48. The first kappa shape index (κ1) is 19.2. The summed E-state index contributed by atoms with van der Waals surface area (Å²) in [6, 6.07) is 4.81. The van der Waals surface area contributed by atoms with Crippen molar-refractivity contribution in [2.75, 3.05) is 5.32 Å². The van der Waals surface area contributed by atoms with E-state index in [2.05, 4.69) is 15.3 Å². The summed E-state index contributed by atoms with van der Waals surface area (Å²) in [5.74, 6) is 0.973. The van der Waals surface area contributed by atoms with Gasteiger partial charge in [-0.3, -0.25) is 9.20 Å². The van der Waals surface area contributed by atoms with E-state index in [1.807, 2.05) is 11.3 Å². The Bertz CT molecular complexity index is 1110. The number of fused-ring (bicyclic) bond motifs is 3. The first-order valence-electron chi connectivity index (χ1n) is 9.20. The zero-order chi connectivity index (χ0) is 20.9. The number of amides is 1. The highest BCUT2D eigenvalue weighted by atomic mass is 19.4. The molecule has 0 fully saturated rings. The third-order valence-corrected chi connectivity index (χ3v) is 5.24. The number of rotatable bonds is 3. The number of alkyl halides is 3. The van der Waals surface area contributed by atoms with Gasteiger partial charge in [0, 0.05) is 24.2 Å². The summed E-state index contributed by atoms with van der Waals surface area (Å²) in [5.41, 5.74) is 2.48. The quantitative estimate of drug-likeness (QED) is 0.716. The van der Waals surface area contributed by atoms with Gasteiger partial charge in [-0.15, -0.1) is 0 Å². The largest absolute Gasteiger partial charge is 0.416 e. The highest BCUT2D eigenvalue weighted by Gasteiger charge is 2.31. The minimum absolute atomic E-state index is 0.0519. The van der Waals surface area contributed by atoms with E-state index in [-0.39, 0.29) is 5.91 Å². The molecular formula is C20H20F3N5O. The van der Waals surface area contributed by atoms with E-state index in [1.165, 1.54) is 13.0 Å². The number of anilines is 1. The number of carbonyl (C=O) groups excluding carboxylic acids is 1. The van der Waals surface area contributed by atoms with E-state index in [1.54, 1.807) is 24.1 Å². The zero-order valence-electron chi connectivity index (χ0n) is 16.2. The second-order valence-electron chi connectivity index (χ2n) is 7.28. The lowest BCUT2D eigenvalue weighted by molar-refractivity contribution is -0.137. The van der Waals surface area contributed by atoms with Gasteiger partial charge in [0.2, 0.25) is 11.7 Å². The number of imidazole rings is 1.